The summed E-state index contributed by atoms with van der Waals surface area (Å²) in [5.41, 5.74) is 5.02. The summed E-state index contributed by atoms with van der Waals surface area (Å²) in [5, 5.41) is 4.35. The number of carbonyl (C=O) groups is 3. The van der Waals surface area contributed by atoms with E-state index in [2.05, 4.69) is 25.8 Å². The summed E-state index contributed by atoms with van der Waals surface area (Å²) < 4.78 is 12.3. The van der Waals surface area contributed by atoms with E-state index in [0.29, 0.717) is 51.4 Å². The highest BCUT2D eigenvalue weighted by atomic mass is 16.6. The van der Waals surface area contributed by atoms with Gasteiger partial charge >= 0.3 is 6.09 Å². The number of H-pyrrole nitrogens is 1. The van der Waals surface area contributed by atoms with E-state index in [1.165, 1.54) is 12.3 Å². The van der Waals surface area contributed by atoms with E-state index in [9.17, 15) is 19.2 Å². The fourth-order valence-electron chi connectivity index (χ4n) is 4.72. The van der Waals surface area contributed by atoms with Crippen molar-refractivity contribution in [3.05, 3.63) is 33.9 Å². The smallest absolute Gasteiger partial charge is 0.410 e. The zero-order valence-corrected chi connectivity index (χ0v) is 22.4. The van der Waals surface area contributed by atoms with Crippen molar-refractivity contribution in [3.8, 4) is 0 Å². The molecule has 13 heteroatoms. The van der Waals surface area contributed by atoms with Crippen LogP contribution in [-0.4, -0.2) is 93.8 Å². The van der Waals surface area contributed by atoms with Gasteiger partial charge in [-0.05, 0) is 33.6 Å². The highest BCUT2D eigenvalue weighted by Crippen LogP contribution is 2.28. The monoisotopic (exact) mass is 531 g/mol. The molecule has 4 heterocycles. The molecule has 208 valence electrons. The summed E-state index contributed by atoms with van der Waals surface area (Å²) in [6.07, 6.45) is 2.25. The number of piperidine rings is 1. The summed E-state index contributed by atoms with van der Waals surface area (Å²) in [6.45, 7) is 11.6. The molecule has 3 amide bonds. The molecular formula is C25H37N7O6. The Bertz CT molecular complexity index is 1220. The molecule has 2 saturated heterocycles. The van der Waals surface area contributed by atoms with Crippen molar-refractivity contribution in [1.82, 2.24) is 35.2 Å². The summed E-state index contributed by atoms with van der Waals surface area (Å²) >= 11 is 0. The third kappa shape index (κ3) is 6.70. The lowest BCUT2D eigenvalue weighted by atomic mass is 9.93. The molecule has 1 atom stereocenters. The molecule has 13 nitrogen and oxygen atoms in total. The lowest BCUT2D eigenvalue weighted by molar-refractivity contribution is -0.126. The van der Waals surface area contributed by atoms with Gasteiger partial charge in [-0.2, -0.15) is 5.10 Å². The highest BCUT2D eigenvalue weighted by Gasteiger charge is 2.29. The number of fused-ring (bicyclic) bond motifs is 1. The molecule has 4 rings (SSSR count). The van der Waals surface area contributed by atoms with Gasteiger partial charge in [-0.15, -0.1) is 0 Å². The van der Waals surface area contributed by atoms with E-state index >= 15 is 0 Å². The molecule has 0 aromatic carbocycles. The number of morpholine rings is 1. The molecule has 2 aromatic rings. The molecule has 2 aromatic heterocycles. The van der Waals surface area contributed by atoms with E-state index in [0.717, 1.165) is 13.1 Å². The quantitative estimate of drug-likeness (QED) is 0.481. The van der Waals surface area contributed by atoms with Crippen LogP contribution in [0.3, 0.4) is 0 Å². The van der Waals surface area contributed by atoms with Gasteiger partial charge < -0.3 is 19.4 Å². The lowest BCUT2D eigenvalue weighted by Gasteiger charge is -2.33. The van der Waals surface area contributed by atoms with Gasteiger partial charge in [0.15, 0.2) is 0 Å². The molecule has 38 heavy (non-hydrogen) atoms. The van der Waals surface area contributed by atoms with Crippen LogP contribution in [0.15, 0.2) is 17.1 Å². The Morgan fingerprint density at radius 2 is 1.84 bits per heavy atom. The number of aromatic amines is 1. The first-order valence-corrected chi connectivity index (χ1v) is 13.0. The molecule has 0 aliphatic carbocycles. The number of hydrogen-bond donors (Lipinski definition) is 3. The Kier molecular flexibility index (Phi) is 8.36. The first kappa shape index (κ1) is 27.6. The Labute approximate surface area is 220 Å². The van der Waals surface area contributed by atoms with Crippen LogP contribution in [0.2, 0.25) is 0 Å². The van der Waals surface area contributed by atoms with Gasteiger partial charge in [-0.1, -0.05) is 6.92 Å². The standard InChI is InChI=1S/C25H37N7O6/c1-16(15-30-9-11-37-12-10-30)22(34)28-29-23(35)18-14-26-32-19(13-20(33)27-21(18)32)17-5-7-31(8-6-17)24(36)38-25(2,3)4/h13-14,16-17H,5-12,15H2,1-4H3,(H,27,33)(H,28,34)(H,29,35). The minimum Gasteiger partial charge on any atom is -0.444 e. The van der Waals surface area contributed by atoms with Crippen LogP contribution < -0.4 is 16.4 Å². The van der Waals surface area contributed by atoms with Crippen LogP contribution in [0.1, 0.15) is 62.5 Å². The average Bonchev–Trinajstić information content (AvgIpc) is 3.30. The third-order valence-corrected chi connectivity index (χ3v) is 6.73. The minimum atomic E-state index is -0.584. The molecule has 2 fully saturated rings. The summed E-state index contributed by atoms with van der Waals surface area (Å²) in [4.78, 5) is 56.8. The van der Waals surface area contributed by atoms with E-state index in [1.807, 2.05) is 20.8 Å². The van der Waals surface area contributed by atoms with Gasteiger partial charge in [0.05, 0.1) is 25.1 Å². The number of hydrazine groups is 1. The Morgan fingerprint density at radius 3 is 2.50 bits per heavy atom. The fraction of sp³-hybridized carbons (Fsp3) is 0.640. The lowest BCUT2D eigenvalue weighted by Crippen LogP contribution is -2.47. The first-order valence-electron chi connectivity index (χ1n) is 13.0. The topological polar surface area (TPSA) is 150 Å². The average molecular weight is 532 g/mol. The predicted molar refractivity (Wildman–Crippen MR) is 138 cm³/mol. The first-order chi connectivity index (χ1) is 18.0. The number of likely N-dealkylation sites (tertiary alicyclic amines) is 1. The van der Waals surface area contributed by atoms with Gasteiger partial charge in [-0.3, -0.25) is 30.1 Å². The summed E-state index contributed by atoms with van der Waals surface area (Å²) in [6, 6.07) is 1.48. The maximum atomic E-state index is 12.9. The molecule has 0 spiro atoms. The van der Waals surface area contributed by atoms with Crippen molar-refractivity contribution in [2.24, 2.45) is 5.92 Å². The van der Waals surface area contributed by atoms with E-state index in [-0.39, 0.29) is 40.6 Å². The Hall–Kier alpha value is -3.45. The van der Waals surface area contributed by atoms with Crippen molar-refractivity contribution < 1.29 is 23.9 Å². The second-order valence-corrected chi connectivity index (χ2v) is 10.9. The van der Waals surface area contributed by atoms with E-state index in [4.69, 9.17) is 9.47 Å². The summed E-state index contributed by atoms with van der Waals surface area (Å²) in [5.74, 6) is -1.27. The molecule has 2 aliphatic heterocycles. The van der Waals surface area contributed by atoms with Crippen LogP contribution in [0.4, 0.5) is 4.79 Å². The van der Waals surface area contributed by atoms with Gasteiger partial charge in [-0.25, -0.2) is 9.31 Å². The van der Waals surface area contributed by atoms with Crippen molar-refractivity contribution in [1.29, 1.82) is 0 Å². The summed E-state index contributed by atoms with van der Waals surface area (Å²) in [7, 11) is 0. The van der Waals surface area contributed by atoms with Crippen molar-refractivity contribution in [2.75, 3.05) is 45.9 Å². The molecule has 3 N–H and O–H groups in total. The second kappa shape index (κ2) is 11.5. The molecule has 1 unspecified atom stereocenters. The van der Waals surface area contributed by atoms with Gasteiger partial charge in [0.25, 0.3) is 11.5 Å². The van der Waals surface area contributed by atoms with Crippen molar-refractivity contribution in [2.45, 2.75) is 52.1 Å². The Balaban J connectivity index is 1.39. The van der Waals surface area contributed by atoms with Crippen LogP contribution in [0.5, 0.6) is 0 Å². The van der Waals surface area contributed by atoms with E-state index in [1.54, 1.807) is 16.3 Å². The van der Waals surface area contributed by atoms with Crippen LogP contribution >= 0.6 is 0 Å². The van der Waals surface area contributed by atoms with Crippen LogP contribution in [0.25, 0.3) is 5.65 Å². The Morgan fingerprint density at radius 1 is 1.16 bits per heavy atom. The number of carbonyl (C=O) groups excluding carboxylic acids is 3. The number of rotatable bonds is 5. The van der Waals surface area contributed by atoms with Crippen LogP contribution in [-0.2, 0) is 14.3 Å². The molecule has 0 bridgehead atoms. The van der Waals surface area contributed by atoms with Crippen molar-refractivity contribution in [3.63, 3.8) is 0 Å². The van der Waals surface area contributed by atoms with E-state index < -0.39 is 11.5 Å². The number of amides is 3. The number of aromatic nitrogens is 3. The zero-order chi connectivity index (χ0) is 27.4. The second-order valence-electron chi connectivity index (χ2n) is 10.9. The zero-order valence-electron chi connectivity index (χ0n) is 22.4. The number of nitrogens with zero attached hydrogens (tertiary/aromatic N) is 4. The van der Waals surface area contributed by atoms with Gasteiger partial charge in [0.1, 0.15) is 16.8 Å². The highest BCUT2D eigenvalue weighted by molar-refractivity contribution is 6.00. The molecule has 0 saturated carbocycles. The number of hydrogen-bond acceptors (Lipinski definition) is 8. The van der Waals surface area contributed by atoms with Gasteiger partial charge in [0.2, 0.25) is 5.91 Å². The molecule has 0 radical (unpaired) electrons. The minimum absolute atomic E-state index is 0.0324. The predicted octanol–water partition coefficient (Wildman–Crippen LogP) is 0.866. The molecular weight excluding hydrogens is 494 g/mol. The normalized spacial score (nSPS) is 18.3. The third-order valence-electron chi connectivity index (χ3n) is 6.73. The maximum absolute atomic E-state index is 12.9. The maximum Gasteiger partial charge on any atom is 0.410 e. The van der Waals surface area contributed by atoms with Gasteiger partial charge in [0, 0.05) is 50.6 Å². The largest absolute Gasteiger partial charge is 0.444 e. The van der Waals surface area contributed by atoms with Crippen molar-refractivity contribution >= 4 is 23.6 Å². The SMILES string of the molecule is CC(CN1CCOCC1)C(=O)NNC(=O)c1cnn2c(C3CCN(C(=O)OC(C)(C)C)CC3)cc(=O)[nH]c12. The molecule has 2 aliphatic rings. The number of nitrogens with one attached hydrogen (secondary N) is 3. The fourth-order valence-corrected chi connectivity index (χ4v) is 4.72. The number of ether oxygens (including phenoxy) is 2. The van der Waals surface area contributed by atoms with Crippen LogP contribution in [0, 0.1) is 5.92 Å².